The van der Waals surface area contributed by atoms with E-state index in [0.29, 0.717) is 48.8 Å². The van der Waals surface area contributed by atoms with Crippen LogP contribution in [0.15, 0.2) is 36.4 Å². The smallest absolute Gasteiger partial charge is 0.339 e. The van der Waals surface area contributed by atoms with E-state index in [-0.39, 0.29) is 23.6 Å². The first-order valence-electron chi connectivity index (χ1n) is 13.7. The maximum absolute atomic E-state index is 13.3. The van der Waals surface area contributed by atoms with Crippen LogP contribution in [0.25, 0.3) is 0 Å². The van der Waals surface area contributed by atoms with Crippen molar-refractivity contribution in [3.63, 3.8) is 0 Å². The number of carbonyl (C=O) groups excluding carboxylic acids is 1. The predicted molar refractivity (Wildman–Crippen MR) is 143 cm³/mol. The molecule has 0 radical (unpaired) electrons. The zero-order valence-electron chi connectivity index (χ0n) is 22.0. The molecule has 5 fully saturated rings. The summed E-state index contributed by atoms with van der Waals surface area (Å²) in [5, 5.41) is 23.7. The van der Waals surface area contributed by atoms with E-state index in [1.807, 2.05) is 18.2 Å². The monoisotopic (exact) mass is 520 g/mol. The lowest BCUT2D eigenvalue weighted by Gasteiger charge is -2.58. The Morgan fingerprint density at radius 2 is 1.87 bits per heavy atom. The number of rotatable bonds is 6. The molecule has 3 N–H and O–H groups in total. The number of methoxy groups -OCH3 is 1. The van der Waals surface area contributed by atoms with Gasteiger partial charge < -0.3 is 30.1 Å². The summed E-state index contributed by atoms with van der Waals surface area (Å²) in [6.07, 6.45) is 4.71. The molecule has 202 valence electrons. The summed E-state index contributed by atoms with van der Waals surface area (Å²) in [5.41, 5.74) is 0.894. The summed E-state index contributed by atoms with van der Waals surface area (Å²) in [6.45, 7) is 4.20. The van der Waals surface area contributed by atoms with E-state index < -0.39 is 11.6 Å². The van der Waals surface area contributed by atoms with Gasteiger partial charge >= 0.3 is 5.97 Å². The van der Waals surface area contributed by atoms with Gasteiger partial charge in [-0.25, -0.2) is 9.78 Å². The van der Waals surface area contributed by atoms with Crippen molar-refractivity contribution >= 4 is 23.4 Å². The molecule has 9 heteroatoms. The third kappa shape index (κ3) is 4.46. The normalized spacial score (nSPS) is 31.8. The number of aliphatic hydroxyl groups is 1. The highest BCUT2D eigenvalue weighted by molar-refractivity contribution is 5.93. The first-order chi connectivity index (χ1) is 18.2. The molecule has 0 spiro atoms. The average Bonchev–Trinajstić information content (AvgIpc) is 2.89. The van der Waals surface area contributed by atoms with E-state index in [0.717, 1.165) is 43.6 Å². The summed E-state index contributed by atoms with van der Waals surface area (Å²) in [7, 11) is 1.47. The van der Waals surface area contributed by atoms with Gasteiger partial charge in [0, 0.05) is 37.4 Å². The Bertz CT molecular complexity index is 1240. The van der Waals surface area contributed by atoms with Gasteiger partial charge in [-0.15, -0.1) is 0 Å². The molecule has 9 nitrogen and oxygen atoms in total. The first-order valence-corrected chi connectivity index (χ1v) is 13.7. The van der Waals surface area contributed by atoms with Crippen LogP contribution in [-0.4, -0.2) is 71.5 Å². The summed E-state index contributed by atoms with van der Waals surface area (Å²) in [6, 6.07) is 11.1. The van der Waals surface area contributed by atoms with E-state index in [1.165, 1.54) is 7.11 Å². The van der Waals surface area contributed by atoms with Gasteiger partial charge in [0.05, 0.1) is 12.7 Å². The highest BCUT2D eigenvalue weighted by Crippen LogP contribution is 2.55. The van der Waals surface area contributed by atoms with E-state index in [4.69, 9.17) is 9.72 Å². The Hall–Kier alpha value is -3.33. The zero-order valence-corrected chi connectivity index (χ0v) is 22.0. The number of ether oxygens (including phenoxy) is 1. The van der Waals surface area contributed by atoms with Crippen LogP contribution in [0.4, 0.5) is 11.5 Å². The van der Waals surface area contributed by atoms with Gasteiger partial charge in [0.25, 0.3) is 5.91 Å². The Morgan fingerprint density at radius 3 is 2.53 bits per heavy atom. The fourth-order valence-electron chi connectivity index (χ4n) is 7.74. The molecule has 7 rings (SSSR count). The van der Waals surface area contributed by atoms with Crippen molar-refractivity contribution in [1.29, 1.82) is 0 Å². The third-order valence-corrected chi connectivity index (χ3v) is 9.21. The van der Waals surface area contributed by atoms with Gasteiger partial charge in [0.1, 0.15) is 22.8 Å². The molecule has 1 aliphatic heterocycles. The fourth-order valence-corrected chi connectivity index (χ4v) is 7.74. The molecule has 1 saturated heterocycles. The lowest BCUT2D eigenvalue weighted by Crippen LogP contribution is -2.61. The van der Waals surface area contributed by atoms with Crippen LogP contribution >= 0.6 is 0 Å². The van der Waals surface area contributed by atoms with Crippen molar-refractivity contribution in [2.24, 2.45) is 17.8 Å². The number of carbonyl (C=O) groups is 2. The molecule has 5 aliphatic rings. The predicted octanol–water partition coefficient (Wildman–Crippen LogP) is 3.17. The summed E-state index contributed by atoms with van der Waals surface area (Å²) >= 11 is 0. The molecule has 3 unspecified atom stereocenters. The van der Waals surface area contributed by atoms with Crippen molar-refractivity contribution in [2.45, 2.75) is 56.7 Å². The van der Waals surface area contributed by atoms with Crippen LogP contribution < -0.4 is 19.9 Å². The Balaban J connectivity index is 1.13. The second-order valence-electron chi connectivity index (χ2n) is 11.8. The van der Waals surface area contributed by atoms with Gasteiger partial charge in [0.15, 0.2) is 0 Å². The van der Waals surface area contributed by atoms with Crippen LogP contribution in [0.3, 0.4) is 0 Å². The molecular formula is C29H36N4O5. The largest absolute Gasteiger partial charge is 0.496 e. The average molecular weight is 521 g/mol. The van der Waals surface area contributed by atoms with Crippen LogP contribution in [0, 0.1) is 17.8 Å². The van der Waals surface area contributed by atoms with Crippen molar-refractivity contribution in [3.8, 4) is 5.75 Å². The number of carboxylic acids is 1. The summed E-state index contributed by atoms with van der Waals surface area (Å²) in [5.74, 6) is 1.26. The number of amides is 1. The van der Waals surface area contributed by atoms with Gasteiger partial charge in [0.2, 0.25) is 0 Å². The molecule has 1 amide bonds. The van der Waals surface area contributed by atoms with Gasteiger partial charge in [-0.3, -0.25) is 4.79 Å². The maximum Gasteiger partial charge on any atom is 0.339 e. The minimum atomic E-state index is -1.01. The molecule has 2 heterocycles. The Kier molecular flexibility index (Phi) is 6.21. The molecule has 38 heavy (non-hydrogen) atoms. The lowest BCUT2D eigenvalue weighted by atomic mass is 9.52. The third-order valence-electron chi connectivity index (χ3n) is 9.21. The number of hydrogen-bond acceptors (Lipinski definition) is 7. The first kappa shape index (κ1) is 25.0. The second-order valence-corrected chi connectivity index (χ2v) is 11.8. The highest BCUT2D eigenvalue weighted by atomic mass is 16.5. The minimum absolute atomic E-state index is 0.107. The quantitative estimate of drug-likeness (QED) is 0.532. The van der Waals surface area contributed by atoms with E-state index in [2.05, 4.69) is 22.0 Å². The number of hydrogen-bond donors (Lipinski definition) is 3. The van der Waals surface area contributed by atoms with Crippen LogP contribution in [0.5, 0.6) is 5.75 Å². The number of pyridine rings is 1. The maximum atomic E-state index is 13.3. The second kappa shape index (κ2) is 9.45. The number of nitrogens with one attached hydrogen (secondary N) is 1. The molecule has 1 aromatic carbocycles. The van der Waals surface area contributed by atoms with Crippen LogP contribution in [0.2, 0.25) is 0 Å². The van der Waals surface area contributed by atoms with Crippen molar-refractivity contribution < 1.29 is 24.5 Å². The van der Waals surface area contributed by atoms with Crippen molar-refractivity contribution in [2.75, 3.05) is 36.5 Å². The fraction of sp³-hybridized carbons (Fsp3) is 0.552. The van der Waals surface area contributed by atoms with Crippen molar-refractivity contribution in [3.05, 3.63) is 47.7 Å². The van der Waals surface area contributed by atoms with E-state index >= 15 is 0 Å². The van der Waals surface area contributed by atoms with Gasteiger partial charge in [-0.05, 0) is 87.1 Å². The molecule has 1 aromatic heterocycles. The number of anilines is 2. The van der Waals surface area contributed by atoms with E-state index in [9.17, 15) is 19.8 Å². The highest BCUT2D eigenvalue weighted by Gasteiger charge is 2.55. The molecule has 3 atom stereocenters. The summed E-state index contributed by atoms with van der Waals surface area (Å²) in [4.78, 5) is 34.1. The van der Waals surface area contributed by atoms with Gasteiger partial charge in [-0.1, -0.05) is 6.07 Å². The minimum Gasteiger partial charge on any atom is -0.496 e. The zero-order chi connectivity index (χ0) is 26.6. The standard InChI is InChI=1S/C29H36N4O5/c1-17-16-32(21-6-7-24(38-2)22(12-21)28(35)36)8-9-33(17)25-5-3-4-23(30-25)27(34)31-26-19-10-18-11-20(26)15-29(37,13-18)14-19/h3-7,12,17-20,26,37H,8-11,13-16H2,1-2H3,(H,31,34)(H,35,36). The molecule has 4 aliphatic carbocycles. The Morgan fingerprint density at radius 1 is 1.11 bits per heavy atom. The number of carboxylic acid groups (broad SMARTS) is 1. The Labute approximate surface area is 222 Å². The number of benzene rings is 1. The lowest BCUT2D eigenvalue weighted by molar-refractivity contribution is -0.136. The van der Waals surface area contributed by atoms with Crippen LogP contribution in [0.1, 0.15) is 59.9 Å². The number of aromatic nitrogens is 1. The SMILES string of the molecule is COc1ccc(N2CCN(c3cccc(C(=O)NC4C5CC6CC4CC(O)(C6)C5)n3)C(C)C2)cc1C(=O)O. The molecule has 4 saturated carbocycles. The molecule has 2 aromatic rings. The number of aromatic carboxylic acids is 1. The van der Waals surface area contributed by atoms with E-state index in [1.54, 1.807) is 18.2 Å². The number of piperazine rings is 1. The molecular weight excluding hydrogens is 484 g/mol. The number of nitrogens with zero attached hydrogens (tertiary/aromatic N) is 3. The topological polar surface area (TPSA) is 115 Å². The van der Waals surface area contributed by atoms with Crippen molar-refractivity contribution in [1.82, 2.24) is 10.3 Å². The summed E-state index contributed by atoms with van der Waals surface area (Å²) < 4.78 is 5.20. The van der Waals surface area contributed by atoms with Crippen LogP contribution in [-0.2, 0) is 0 Å². The van der Waals surface area contributed by atoms with Gasteiger partial charge in [-0.2, -0.15) is 0 Å². The molecule has 4 bridgehead atoms.